The standard InChI is InChI=1S/C13H23O5/c1-2-5-17-12(3-6-14-4-1)13-11-16-8-7-15-9-10-18-13/h13H,1-11H2. The molecule has 5 nitrogen and oxygen atoms in total. The molecule has 0 aromatic carbocycles. The maximum Gasteiger partial charge on any atom is 0.130 e. The number of ether oxygens (including phenoxy) is 5. The molecule has 0 spiro atoms. The van der Waals surface area contributed by atoms with Gasteiger partial charge in [0.15, 0.2) is 0 Å². The molecule has 0 amide bonds. The first-order chi connectivity index (χ1) is 8.97. The molecule has 1 unspecified atom stereocenters. The van der Waals surface area contributed by atoms with Gasteiger partial charge in [0.2, 0.25) is 0 Å². The lowest BCUT2D eigenvalue weighted by atomic mass is 10.1. The van der Waals surface area contributed by atoms with Crippen molar-refractivity contribution in [2.45, 2.75) is 25.4 Å². The minimum absolute atomic E-state index is 0.0894. The summed E-state index contributed by atoms with van der Waals surface area (Å²) in [5.41, 5.74) is 0. The Bertz CT molecular complexity index is 170. The van der Waals surface area contributed by atoms with E-state index >= 15 is 0 Å². The molecule has 2 aliphatic heterocycles. The van der Waals surface area contributed by atoms with Gasteiger partial charge in [-0.15, -0.1) is 0 Å². The molecule has 0 bridgehead atoms. The molecule has 1 atom stereocenters. The average molecular weight is 259 g/mol. The predicted molar refractivity (Wildman–Crippen MR) is 65.2 cm³/mol. The minimum atomic E-state index is -0.0894. The number of rotatable bonds is 1. The highest BCUT2D eigenvalue weighted by atomic mass is 16.6. The van der Waals surface area contributed by atoms with Crippen LogP contribution in [0.4, 0.5) is 0 Å². The van der Waals surface area contributed by atoms with E-state index in [1.165, 1.54) is 0 Å². The largest absolute Gasteiger partial charge is 0.381 e. The summed E-state index contributed by atoms with van der Waals surface area (Å²) in [5, 5.41) is 0. The second-order valence-corrected chi connectivity index (χ2v) is 4.43. The van der Waals surface area contributed by atoms with Crippen LogP contribution in [-0.2, 0) is 23.7 Å². The maximum absolute atomic E-state index is 5.83. The molecule has 0 N–H and O–H groups in total. The Morgan fingerprint density at radius 1 is 0.722 bits per heavy atom. The molecule has 1 radical (unpaired) electrons. The summed E-state index contributed by atoms with van der Waals surface area (Å²) in [6, 6.07) is 0. The summed E-state index contributed by atoms with van der Waals surface area (Å²) in [5.74, 6) is 0. The fourth-order valence-electron chi connectivity index (χ4n) is 2.00. The average Bonchev–Trinajstić information content (AvgIpc) is 2.61. The van der Waals surface area contributed by atoms with Gasteiger partial charge in [-0.1, -0.05) is 0 Å². The topological polar surface area (TPSA) is 46.2 Å². The predicted octanol–water partition coefficient (Wildman–Crippen LogP) is 1.17. The lowest BCUT2D eigenvalue weighted by molar-refractivity contribution is -0.0551. The highest BCUT2D eigenvalue weighted by Crippen LogP contribution is 2.20. The molecule has 0 aliphatic carbocycles. The van der Waals surface area contributed by atoms with Crippen LogP contribution in [0, 0.1) is 6.10 Å². The van der Waals surface area contributed by atoms with Crippen molar-refractivity contribution >= 4 is 0 Å². The van der Waals surface area contributed by atoms with Gasteiger partial charge in [-0.2, -0.15) is 0 Å². The molecule has 2 saturated heterocycles. The summed E-state index contributed by atoms with van der Waals surface area (Å²) in [7, 11) is 0. The van der Waals surface area contributed by atoms with E-state index in [2.05, 4.69) is 0 Å². The van der Waals surface area contributed by atoms with Crippen molar-refractivity contribution in [1.82, 2.24) is 0 Å². The second kappa shape index (κ2) is 8.82. The second-order valence-electron chi connectivity index (χ2n) is 4.43. The smallest absolute Gasteiger partial charge is 0.130 e. The van der Waals surface area contributed by atoms with E-state index in [9.17, 15) is 0 Å². The normalized spacial score (nSPS) is 30.3. The monoisotopic (exact) mass is 259 g/mol. The van der Waals surface area contributed by atoms with E-state index in [0.717, 1.165) is 38.6 Å². The van der Waals surface area contributed by atoms with Crippen LogP contribution in [0.5, 0.6) is 0 Å². The van der Waals surface area contributed by atoms with Crippen molar-refractivity contribution in [3.05, 3.63) is 6.10 Å². The van der Waals surface area contributed by atoms with Gasteiger partial charge in [-0.25, -0.2) is 0 Å². The van der Waals surface area contributed by atoms with Crippen LogP contribution >= 0.6 is 0 Å². The van der Waals surface area contributed by atoms with Crippen molar-refractivity contribution in [1.29, 1.82) is 0 Å². The third-order valence-corrected chi connectivity index (χ3v) is 3.01. The lowest BCUT2D eigenvalue weighted by Crippen LogP contribution is -2.31. The molecular weight excluding hydrogens is 236 g/mol. The molecule has 2 aliphatic rings. The van der Waals surface area contributed by atoms with E-state index in [4.69, 9.17) is 23.7 Å². The van der Waals surface area contributed by atoms with Gasteiger partial charge >= 0.3 is 0 Å². The molecule has 0 saturated carbocycles. The Kier molecular flexibility index (Phi) is 6.97. The quantitative estimate of drug-likeness (QED) is 0.707. The van der Waals surface area contributed by atoms with Crippen LogP contribution in [0.15, 0.2) is 0 Å². The zero-order valence-corrected chi connectivity index (χ0v) is 10.9. The molecule has 0 aromatic rings. The highest BCUT2D eigenvalue weighted by molar-refractivity contribution is 4.89. The maximum atomic E-state index is 5.83. The van der Waals surface area contributed by atoms with Crippen LogP contribution in [0.3, 0.4) is 0 Å². The van der Waals surface area contributed by atoms with Gasteiger partial charge in [-0.3, -0.25) is 0 Å². The van der Waals surface area contributed by atoms with Crippen LogP contribution in [-0.4, -0.2) is 59.0 Å². The summed E-state index contributed by atoms with van der Waals surface area (Å²) >= 11 is 0. The van der Waals surface area contributed by atoms with Crippen molar-refractivity contribution in [2.24, 2.45) is 0 Å². The molecule has 18 heavy (non-hydrogen) atoms. The summed E-state index contributed by atoms with van der Waals surface area (Å²) in [4.78, 5) is 0. The van der Waals surface area contributed by atoms with E-state index < -0.39 is 0 Å². The third kappa shape index (κ3) is 5.20. The Morgan fingerprint density at radius 3 is 2.50 bits per heavy atom. The molecule has 0 aromatic heterocycles. The Morgan fingerprint density at radius 2 is 1.50 bits per heavy atom. The van der Waals surface area contributed by atoms with Crippen LogP contribution in [0.1, 0.15) is 19.3 Å². The van der Waals surface area contributed by atoms with Gasteiger partial charge in [0.05, 0.1) is 33.0 Å². The first-order valence-corrected chi connectivity index (χ1v) is 6.80. The molecule has 2 heterocycles. The fourth-order valence-corrected chi connectivity index (χ4v) is 2.00. The highest BCUT2D eigenvalue weighted by Gasteiger charge is 2.25. The minimum Gasteiger partial charge on any atom is -0.381 e. The van der Waals surface area contributed by atoms with Gasteiger partial charge in [0, 0.05) is 26.2 Å². The summed E-state index contributed by atoms with van der Waals surface area (Å²) in [6.07, 6.45) is 3.74. The molecule has 5 heteroatoms. The Balaban J connectivity index is 1.83. The van der Waals surface area contributed by atoms with E-state index in [-0.39, 0.29) is 6.10 Å². The first-order valence-electron chi connectivity index (χ1n) is 6.80. The van der Waals surface area contributed by atoms with Gasteiger partial charge in [-0.05, 0) is 12.8 Å². The van der Waals surface area contributed by atoms with Gasteiger partial charge in [0.25, 0.3) is 0 Å². The molecule has 2 rings (SSSR count). The lowest BCUT2D eigenvalue weighted by Gasteiger charge is -2.25. The van der Waals surface area contributed by atoms with Crippen molar-refractivity contribution in [3.8, 4) is 0 Å². The zero-order valence-electron chi connectivity index (χ0n) is 10.9. The van der Waals surface area contributed by atoms with Gasteiger partial charge in [0.1, 0.15) is 12.2 Å². The van der Waals surface area contributed by atoms with Gasteiger partial charge < -0.3 is 23.7 Å². The van der Waals surface area contributed by atoms with Crippen LogP contribution < -0.4 is 0 Å². The van der Waals surface area contributed by atoms with E-state index in [1.807, 2.05) is 0 Å². The first kappa shape index (κ1) is 14.2. The van der Waals surface area contributed by atoms with Crippen LogP contribution in [0.2, 0.25) is 0 Å². The Hall–Kier alpha value is -0.200. The van der Waals surface area contributed by atoms with Crippen molar-refractivity contribution in [2.75, 3.05) is 52.9 Å². The number of hydrogen-bond acceptors (Lipinski definition) is 5. The third-order valence-electron chi connectivity index (χ3n) is 3.01. The zero-order chi connectivity index (χ0) is 12.5. The van der Waals surface area contributed by atoms with Crippen molar-refractivity contribution < 1.29 is 23.7 Å². The van der Waals surface area contributed by atoms with E-state index in [1.54, 1.807) is 0 Å². The summed E-state index contributed by atoms with van der Waals surface area (Å²) in [6.45, 7) is 5.26. The number of hydrogen-bond donors (Lipinski definition) is 0. The Labute approximate surface area is 109 Å². The molecule has 105 valence electrons. The molecule has 2 fully saturated rings. The SMILES string of the molecule is C1CCO[C](C2COCCOCCO2)CCOC1. The molecular formula is C13H23O5. The van der Waals surface area contributed by atoms with Crippen LogP contribution in [0.25, 0.3) is 0 Å². The fraction of sp³-hybridized carbons (Fsp3) is 0.923. The van der Waals surface area contributed by atoms with E-state index in [0.29, 0.717) is 39.6 Å². The van der Waals surface area contributed by atoms with Crippen molar-refractivity contribution in [3.63, 3.8) is 0 Å². The summed E-state index contributed by atoms with van der Waals surface area (Å²) < 4.78 is 28.0.